The van der Waals surface area contributed by atoms with Gasteiger partial charge in [-0.3, -0.25) is 9.29 Å². The number of hydrogen-bond donors (Lipinski definition) is 0. The maximum atomic E-state index is 13.2. The summed E-state index contributed by atoms with van der Waals surface area (Å²) in [7, 11) is -3.71. The predicted molar refractivity (Wildman–Crippen MR) is 89.3 cm³/mol. The van der Waals surface area contributed by atoms with Crippen molar-refractivity contribution in [2.45, 2.75) is 37.7 Å². The quantitative estimate of drug-likeness (QED) is 0.863. The first-order valence-electron chi connectivity index (χ1n) is 7.59. The van der Waals surface area contributed by atoms with Crippen LogP contribution in [0, 0.1) is 0 Å². The van der Waals surface area contributed by atoms with Crippen LogP contribution < -0.4 is 9.04 Å². The summed E-state index contributed by atoms with van der Waals surface area (Å²) in [4.78, 5) is 4.23. The first kappa shape index (κ1) is 15.8. The molecule has 2 aromatic rings. The Morgan fingerprint density at radius 1 is 1.26 bits per heavy atom. The summed E-state index contributed by atoms with van der Waals surface area (Å²) in [5.41, 5.74) is 1.09. The highest BCUT2D eigenvalue weighted by Crippen LogP contribution is 2.41. The number of aromatic nitrogens is 1. The van der Waals surface area contributed by atoms with E-state index in [4.69, 9.17) is 4.74 Å². The highest BCUT2D eigenvalue weighted by atomic mass is 32.2. The van der Waals surface area contributed by atoms with Crippen LogP contribution in [-0.2, 0) is 16.4 Å². The van der Waals surface area contributed by atoms with Gasteiger partial charge in [0.15, 0.2) is 0 Å². The molecule has 0 amide bonds. The minimum absolute atomic E-state index is 0.214. The van der Waals surface area contributed by atoms with Gasteiger partial charge in [-0.1, -0.05) is 12.1 Å². The van der Waals surface area contributed by atoms with Crippen molar-refractivity contribution >= 4 is 15.7 Å². The molecule has 5 nitrogen and oxygen atoms in total. The Morgan fingerprint density at radius 3 is 2.70 bits per heavy atom. The zero-order chi connectivity index (χ0) is 16.7. The molecule has 0 N–H and O–H groups in total. The minimum Gasteiger partial charge on any atom is -0.486 e. The van der Waals surface area contributed by atoms with Crippen molar-refractivity contribution in [3.8, 4) is 5.75 Å². The van der Waals surface area contributed by atoms with Crippen LogP contribution >= 0.6 is 0 Å². The van der Waals surface area contributed by atoms with Crippen LogP contribution in [0.15, 0.2) is 47.6 Å². The Morgan fingerprint density at radius 2 is 2.04 bits per heavy atom. The highest BCUT2D eigenvalue weighted by molar-refractivity contribution is 7.93. The fourth-order valence-electron chi connectivity index (χ4n) is 2.90. The average Bonchev–Trinajstić information content (AvgIpc) is 2.82. The van der Waals surface area contributed by atoms with E-state index in [0.717, 1.165) is 5.56 Å². The topological polar surface area (TPSA) is 59.5 Å². The SMILES string of the molecule is CCN(c1cccnc1)S(=O)(=O)c1cccc2c1OC(C)(C)C2. The zero-order valence-corrected chi connectivity index (χ0v) is 14.3. The third-order valence-corrected chi connectivity index (χ3v) is 5.77. The minimum atomic E-state index is -3.71. The molecule has 0 aliphatic carbocycles. The zero-order valence-electron chi connectivity index (χ0n) is 13.5. The number of anilines is 1. The largest absolute Gasteiger partial charge is 0.486 e. The van der Waals surface area contributed by atoms with Crippen LogP contribution in [0.1, 0.15) is 26.3 Å². The number of rotatable bonds is 4. The van der Waals surface area contributed by atoms with Crippen molar-refractivity contribution in [1.29, 1.82) is 0 Å². The van der Waals surface area contributed by atoms with E-state index in [-0.39, 0.29) is 10.5 Å². The molecule has 0 atom stereocenters. The number of sulfonamides is 1. The van der Waals surface area contributed by atoms with Crippen molar-refractivity contribution in [3.05, 3.63) is 48.3 Å². The number of pyridine rings is 1. The van der Waals surface area contributed by atoms with Crippen molar-refractivity contribution in [2.75, 3.05) is 10.8 Å². The second-order valence-electron chi connectivity index (χ2n) is 6.16. The molecule has 0 bridgehead atoms. The Bertz CT molecular complexity index is 817. The lowest BCUT2D eigenvalue weighted by Gasteiger charge is -2.24. The van der Waals surface area contributed by atoms with E-state index in [2.05, 4.69) is 4.98 Å². The molecular weight excluding hydrogens is 312 g/mol. The summed E-state index contributed by atoms with van der Waals surface area (Å²) >= 11 is 0. The van der Waals surface area contributed by atoms with Crippen LogP contribution in [0.25, 0.3) is 0 Å². The lowest BCUT2D eigenvalue weighted by atomic mass is 10.0. The third kappa shape index (κ3) is 2.79. The van der Waals surface area contributed by atoms with Crippen molar-refractivity contribution < 1.29 is 13.2 Å². The molecule has 0 spiro atoms. The summed E-state index contributed by atoms with van der Waals surface area (Å²) in [5.74, 6) is 0.472. The molecule has 2 heterocycles. The number of fused-ring (bicyclic) bond motifs is 1. The van der Waals surface area contributed by atoms with Gasteiger partial charge in [-0.05, 0) is 44.5 Å². The predicted octanol–water partition coefficient (Wildman–Crippen LogP) is 3.01. The number of nitrogens with zero attached hydrogens (tertiary/aromatic N) is 2. The molecule has 0 saturated heterocycles. The molecule has 0 fully saturated rings. The van der Waals surface area contributed by atoms with Gasteiger partial charge < -0.3 is 4.74 Å². The molecule has 122 valence electrons. The van der Waals surface area contributed by atoms with Crippen LogP contribution in [-0.4, -0.2) is 25.5 Å². The van der Waals surface area contributed by atoms with E-state index in [9.17, 15) is 8.42 Å². The van der Waals surface area contributed by atoms with Crippen LogP contribution in [0.5, 0.6) is 5.75 Å². The number of ether oxygens (including phenoxy) is 1. The van der Waals surface area contributed by atoms with Gasteiger partial charge >= 0.3 is 0 Å². The monoisotopic (exact) mass is 332 g/mol. The second-order valence-corrected chi connectivity index (χ2v) is 7.99. The summed E-state index contributed by atoms with van der Waals surface area (Å²) in [6, 6.07) is 8.76. The fourth-order valence-corrected chi connectivity index (χ4v) is 4.52. The number of benzene rings is 1. The summed E-state index contributed by atoms with van der Waals surface area (Å²) in [5, 5.41) is 0. The molecule has 23 heavy (non-hydrogen) atoms. The molecule has 0 saturated carbocycles. The molecule has 3 rings (SSSR count). The van der Waals surface area contributed by atoms with Crippen LogP contribution in [0.3, 0.4) is 0 Å². The molecule has 1 aromatic heterocycles. The van der Waals surface area contributed by atoms with E-state index in [1.54, 1.807) is 43.6 Å². The van der Waals surface area contributed by atoms with Gasteiger partial charge in [0, 0.05) is 19.2 Å². The van der Waals surface area contributed by atoms with Crippen LogP contribution in [0.4, 0.5) is 5.69 Å². The third-order valence-electron chi connectivity index (χ3n) is 3.84. The van der Waals surface area contributed by atoms with Crippen molar-refractivity contribution in [2.24, 2.45) is 0 Å². The van der Waals surface area contributed by atoms with Gasteiger partial charge in [-0.15, -0.1) is 0 Å². The Labute approximate surface area is 137 Å². The molecule has 1 aromatic carbocycles. The molecule has 6 heteroatoms. The lowest BCUT2D eigenvalue weighted by Crippen LogP contribution is -2.31. The molecule has 0 radical (unpaired) electrons. The van der Waals surface area contributed by atoms with Crippen LogP contribution in [0.2, 0.25) is 0 Å². The molecule has 1 aliphatic heterocycles. The highest BCUT2D eigenvalue weighted by Gasteiger charge is 2.36. The molecule has 0 unspecified atom stereocenters. The van der Waals surface area contributed by atoms with Gasteiger partial charge in [0.2, 0.25) is 0 Å². The van der Waals surface area contributed by atoms with Gasteiger partial charge in [0.25, 0.3) is 10.0 Å². The summed E-state index contributed by atoms with van der Waals surface area (Å²) in [6.07, 6.45) is 3.87. The molecule has 1 aliphatic rings. The van der Waals surface area contributed by atoms with E-state index >= 15 is 0 Å². The lowest BCUT2D eigenvalue weighted by molar-refractivity contribution is 0.135. The van der Waals surface area contributed by atoms with Crippen molar-refractivity contribution in [1.82, 2.24) is 4.98 Å². The Hall–Kier alpha value is -2.08. The maximum Gasteiger partial charge on any atom is 0.268 e. The maximum absolute atomic E-state index is 13.2. The van der Waals surface area contributed by atoms with Gasteiger partial charge in [-0.2, -0.15) is 0 Å². The van der Waals surface area contributed by atoms with Gasteiger partial charge in [-0.25, -0.2) is 8.42 Å². The number of para-hydroxylation sites is 1. The van der Waals surface area contributed by atoms with Gasteiger partial charge in [0.1, 0.15) is 16.2 Å². The van der Waals surface area contributed by atoms with E-state index < -0.39 is 10.0 Å². The first-order valence-corrected chi connectivity index (χ1v) is 9.03. The normalized spacial score (nSPS) is 15.8. The first-order chi connectivity index (χ1) is 10.8. The Kier molecular flexibility index (Phi) is 3.80. The molecular formula is C17H20N2O3S. The van der Waals surface area contributed by atoms with Crippen molar-refractivity contribution in [3.63, 3.8) is 0 Å². The smallest absolute Gasteiger partial charge is 0.268 e. The second kappa shape index (κ2) is 5.53. The Balaban J connectivity index is 2.10. The number of hydrogen-bond acceptors (Lipinski definition) is 4. The van der Waals surface area contributed by atoms with E-state index in [1.165, 1.54) is 4.31 Å². The summed E-state index contributed by atoms with van der Waals surface area (Å²) in [6.45, 7) is 6.05. The van der Waals surface area contributed by atoms with Gasteiger partial charge in [0.05, 0.1) is 11.9 Å². The average molecular weight is 332 g/mol. The summed E-state index contributed by atoms with van der Waals surface area (Å²) < 4.78 is 33.6. The standard InChI is InChI=1S/C17H20N2O3S/c1-4-19(14-8-6-10-18-12-14)23(20,21)15-9-5-7-13-11-17(2,3)22-16(13)15/h5-10,12H,4,11H2,1-3H3. The van der Waals surface area contributed by atoms with E-state index in [0.29, 0.717) is 24.4 Å². The fraction of sp³-hybridized carbons (Fsp3) is 0.353. The van der Waals surface area contributed by atoms with E-state index in [1.807, 2.05) is 19.9 Å².